The van der Waals surface area contributed by atoms with Crippen LogP contribution in [-0.2, 0) is 18.5 Å². The molecule has 1 aliphatic rings. The van der Waals surface area contributed by atoms with Crippen molar-refractivity contribution < 1.29 is 18.5 Å². The van der Waals surface area contributed by atoms with Gasteiger partial charge in [-0.2, -0.15) is 12.6 Å². The van der Waals surface area contributed by atoms with E-state index in [1.54, 1.807) is 0 Å². The summed E-state index contributed by atoms with van der Waals surface area (Å²) < 4.78 is 10.6. The van der Waals surface area contributed by atoms with Crippen molar-refractivity contribution in [2.75, 3.05) is 17.7 Å². The largest absolute Gasteiger partial charge is 0.448 e. The van der Waals surface area contributed by atoms with Crippen LogP contribution in [0.5, 0.6) is 0 Å². The third kappa shape index (κ3) is 6.22. The molecule has 226 valence electrons. The average Bonchev–Trinajstić information content (AvgIpc) is 3.42. The number of nitrogens with two attached hydrogens (primary N) is 1. The minimum Gasteiger partial charge on any atom is -0.448 e. The van der Waals surface area contributed by atoms with Crippen LogP contribution >= 0.6 is 24.7 Å². The summed E-state index contributed by atoms with van der Waals surface area (Å²) in [5.74, 6) is -0.419. The minimum absolute atomic E-state index is 0.0294. The SMILES string of the molecule is N[C@@H](CS)C(=O)OSC(c1ccccc1)(c1ccccc1)c1ccc(NC(=O)OCC2c3ccccc3-c3ccccc32)cc1. The van der Waals surface area contributed by atoms with Gasteiger partial charge in [-0.15, -0.1) is 0 Å². The van der Waals surface area contributed by atoms with Crippen molar-refractivity contribution in [1.29, 1.82) is 0 Å². The highest BCUT2D eigenvalue weighted by Crippen LogP contribution is 2.49. The molecule has 6 rings (SSSR count). The van der Waals surface area contributed by atoms with Gasteiger partial charge in [-0.05, 0) is 51.1 Å². The van der Waals surface area contributed by atoms with Crippen molar-refractivity contribution in [3.05, 3.63) is 161 Å². The summed E-state index contributed by atoms with van der Waals surface area (Å²) in [6, 6.07) is 42.7. The maximum atomic E-state index is 13.0. The number of carbonyl (C=O) groups excluding carboxylic acids is 2. The Morgan fingerprint density at radius 3 is 1.76 bits per heavy atom. The standard InChI is InChI=1S/C37H32N2O4S2/c38-34(24-44)35(40)43-45-37(25-11-3-1-4-12-25,26-13-5-2-6-14-26)27-19-21-28(22-20-27)39-36(41)42-23-33-31-17-9-7-15-29(31)30-16-8-10-18-32(30)33/h1-22,33-34,44H,23-24,38H2,(H,39,41)/t34-/m0/s1. The second kappa shape index (κ2) is 13.6. The van der Waals surface area contributed by atoms with Gasteiger partial charge in [-0.25, -0.2) is 9.59 Å². The van der Waals surface area contributed by atoms with E-state index in [0.29, 0.717) is 5.69 Å². The minimum atomic E-state index is -0.920. The zero-order chi connectivity index (χ0) is 31.2. The molecule has 8 heteroatoms. The van der Waals surface area contributed by atoms with Gasteiger partial charge in [0.1, 0.15) is 17.4 Å². The third-order valence-corrected chi connectivity index (χ3v) is 9.59. The van der Waals surface area contributed by atoms with Gasteiger partial charge in [0.15, 0.2) is 0 Å². The van der Waals surface area contributed by atoms with E-state index in [0.717, 1.165) is 39.9 Å². The molecule has 5 aromatic carbocycles. The number of carbonyl (C=O) groups is 2. The number of amides is 1. The zero-order valence-electron chi connectivity index (χ0n) is 24.3. The van der Waals surface area contributed by atoms with Crippen molar-refractivity contribution in [2.45, 2.75) is 16.7 Å². The number of nitrogens with one attached hydrogen (secondary N) is 1. The van der Waals surface area contributed by atoms with E-state index < -0.39 is 22.9 Å². The van der Waals surface area contributed by atoms with E-state index >= 15 is 0 Å². The molecule has 0 aromatic heterocycles. The lowest BCUT2D eigenvalue weighted by molar-refractivity contribution is -0.134. The summed E-state index contributed by atoms with van der Waals surface area (Å²) >= 11 is 5.19. The van der Waals surface area contributed by atoms with Crippen LogP contribution in [0.4, 0.5) is 10.5 Å². The Morgan fingerprint density at radius 2 is 1.22 bits per heavy atom. The van der Waals surface area contributed by atoms with E-state index in [-0.39, 0.29) is 18.3 Å². The Labute approximate surface area is 272 Å². The number of ether oxygens (including phenoxy) is 1. The molecular weight excluding hydrogens is 601 g/mol. The molecule has 6 nitrogen and oxygen atoms in total. The summed E-state index contributed by atoms with van der Waals surface area (Å²) in [5.41, 5.74) is 13.8. The summed E-state index contributed by atoms with van der Waals surface area (Å²) in [6.45, 7) is 0.222. The number of rotatable bonds is 10. The van der Waals surface area contributed by atoms with Gasteiger partial charge in [-0.3, -0.25) is 5.32 Å². The molecule has 0 fully saturated rings. The van der Waals surface area contributed by atoms with Crippen LogP contribution in [0.1, 0.15) is 33.7 Å². The summed E-state index contributed by atoms with van der Waals surface area (Å²) in [6.07, 6.45) is -0.536. The monoisotopic (exact) mass is 632 g/mol. The zero-order valence-corrected chi connectivity index (χ0v) is 26.0. The normalized spacial score (nSPS) is 12.9. The quantitative estimate of drug-likeness (QED) is 0.0828. The van der Waals surface area contributed by atoms with Gasteiger partial charge in [0.25, 0.3) is 0 Å². The molecule has 0 spiro atoms. The molecular formula is C37H32N2O4S2. The first-order valence-electron chi connectivity index (χ1n) is 14.6. The van der Waals surface area contributed by atoms with E-state index in [1.807, 2.05) is 109 Å². The highest BCUT2D eigenvalue weighted by atomic mass is 32.2. The lowest BCUT2D eigenvalue weighted by Crippen LogP contribution is -2.34. The van der Waals surface area contributed by atoms with Gasteiger partial charge in [0, 0.05) is 17.4 Å². The number of thiol groups is 1. The Balaban J connectivity index is 1.24. The first-order valence-corrected chi connectivity index (χ1v) is 16.0. The fourth-order valence-electron chi connectivity index (χ4n) is 5.77. The predicted octanol–water partition coefficient (Wildman–Crippen LogP) is 7.79. The molecule has 1 atom stereocenters. The van der Waals surface area contributed by atoms with Crippen molar-refractivity contribution in [3.8, 4) is 11.1 Å². The summed E-state index contributed by atoms with van der Waals surface area (Å²) in [4.78, 5) is 25.7. The fourth-order valence-corrected chi connectivity index (χ4v) is 6.95. The number of fused-ring (bicyclic) bond motifs is 3. The summed E-state index contributed by atoms with van der Waals surface area (Å²) in [5, 5.41) is 2.87. The van der Waals surface area contributed by atoms with Gasteiger partial charge in [-0.1, -0.05) is 121 Å². The van der Waals surface area contributed by atoms with Crippen LogP contribution in [0, 0.1) is 0 Å². The first kappa shape index (κ1) is 30.5. The van der Waals surface area contributed by atoms with Gasteiger partial charge >= 0.3 is 12.1 Å². The molecule has 0 bridgehead atoms. The molecule has 1 amide bonds. The number of hydrogen-bond donors (Lipinski definition) is 3. The van der Waals surface area contributed by atoms with E-state index in [1.165, 1.54) is 11.1 Å². The van der Waals surface area contributed by atoms with Crippen LogP contribution in [0.15, 0.2) is 133 Å². The van der Waals surface area contributed by atoms with Crippen molar-refractivity contribution >= 4 is 42.4 Å². The van der Waals surface area contributed by atoms with Gasteiger partial charge in [0.05, 0.1) is 12.0 Å². The second-order valence-electron chi connectivity index (χ2n) is 10.7. The molecule has 0 heterocycles. The molecule has 5 aromatic rings. The highest BCUT2D eigenvalue weighted by molar-refractivity contribution is 7.96. The number of hydrogen-bond acceptors (Lipinski definition) is 7. The molecule has 0 aliphatic heterocycles. The van der Waals surface area contributed by atoms with Crippen molar-refractivity contribution in [3.63, 3.8) is 0 Å². The average molecular weight is 633 g/mol. The van der Waals surface area contributed by atoms with Crippen LogP contribution in [0.25, 0.3) is 11.1 Å². The van der Waals surface area contributed by atoms with Crippen molar-refractivity contribution in [1.82, 2.24) is 0 Å². The lowest BCUT2D eigenvalue weighted by Gasteiger charge is -2.33. The lowest BCUT2D eigenvalue weighted by atomic mass is 9.84. The van der Waals surface area contributed by atoms with E-state index in [2.05, 4.69) is 42.2 Å². The van der Waals surface area contributed by atoms with E-state index in [9.17, 15) is 9.59 Å². The molecule has 0 saturated carbocycles. The maximum Gasteiger partial charge on any atom is 0.411 e. The highest BCUT2D eigenvalue weighted by Gasteiger charge is 2.40. The second-order valence-corrected chi connectivity index (χ2v) is 12.0. The Morgan fingerprint density at radius 1 is 0.733 bits per heavy atom. The molecule has 45 heavy (non-hydrogen) atoms. The first-order chi connectivity index (χ1) is 22.0. The van der Waals surface area contributed by atoms with E-state index in [4.69, 9.17) is 14.7 Å². The van der Waals surface area contributed by atoms with Crippen LogP contribution in [0.3, 0.4) is 0 Å². The fraction of sp³-hybridized carbons (Fsp3) is 0.135. The smallest absolute Gasteiger partial charge is 0.411 e. The Hall–Kier alpha value is -4.50. The molecule has 1 aliphatic carbocycles. The van der Waals surface area contributed by atoms with Gasteiger partial charge < -0.3 is 14.7 Å². The molecule has 0 radical (unpaired) electrons. The van der Waals surface area contributed by atoms with Crippen LogP contribution in [-0.4, -0.2) is 30.5 Å². The topological polar surface area (TPSA) is 90.7 Å². The van der Waals surface area contributed by atoms with Crippen LogP contribution < -0.4 is 11.1 Å². The number of anilines is 1. The molecule has 0 unspecified atom stereocenters. The van der Waals surface area contributed by atoms with Crippen LogP contribution in [0.2, 0.25) is 0 Å². The molecule has 0 saturated heterocycles. The summed E-state index contributed by atoms with van der Waals surface area (Å²) in [7, 11) is 0. The predicted molar refractivity (Wildman–Crippen MR) is 183 cm³/mol. The third-order valence-electron chi connectivity index (χ3n) is 7.99. The maximum absolute atomic E-state index is 13.0. The van der Waals surface area contributed by atoms with Crippen molar-refractivity contribution in [2.24, 2.45) is 5.73 Å². The Bertz CT molecular complexity index is 1700. The van der Waals surface area contributed by atoms with Gasteiger partial charge in [0.2, 0.25) is 0 Å². The number of benzene rings is 5. The Kier molecular flexibility index (Phi) is 9.26. The molecule has 3 N–H and O–H groups in total.